The van der Waals surface area contributed by atoms with E-state index in [2.05, 4.69) is 46.2 Å². The molecule has 54 valence electrons. The van der Waals surface area contributed by atoms with Crippen molar-refractivity contribution in [3.05, 3.63) is 0 Å². The average Bonchev–Trinajstić information content (AvgIpc) is 1.90. The van der Waals surface area contributed by atoms with Crippen molar-refractivity contribution in [2.24, 2.45) is 0 Å². The zero-order chi connectivity index (χ0) is 6.69. The summed E-state index contributed by atoms with van der Waals surface area (Å²) >= 11 is 4.55. The monoisotopic (exact) mass is 257 g/mol. The van der Waals surface area contributed by atoms with E-state index in [1.807, 2.05) is 0 Å². The van der Waals surface area contributed by atoms with Gasteiger partial charge in [-0.25, -0.2) is 0 Å². The lowest BCUT2D eigenvalue weighted by Crippen LogP contribution is -2.36. The summed E-state index contributed by atoms with van der Waals surface area (Å²) in [7, 11) is 0. The minimum atomic E-state index is 0.725. The molecule has 0 spiro atoms. The molecule has 1 nitrogen and oxygen atoms in total. The van der Waals surface area contributed by atoms with Crippen LogP contribution >= 0.6 is 34.4 Å². The van der Waals surface area contributed by atoms with Crippen LogP contribution in [0.1, 0.15) is 6.92 Å². The second-order valence-electron chi connectivity index (χ2n) is 2.22. The van der Waals surface area contributed by atoms with E-state index in [-0.39, 0.29) is 0 Å². The number of thioether (sulfide) groups is 1. The fourth-order valence-electron chi connectivity index (χ4n) is 0.933. The molecule has 0 radical (unpaired) electrons. The molecule has 0 aromatic carbocycles. The molecular formula is C6H12INS. The summed E-state index contributed by atoms with van der Waals surface area (Å²) in [6.45, 7) is 4.83. The smallest absolute Gasteiger partial charge is 0.0590 e. The van der Waals surface area contributed by atoms with E-state index in [1.54, 1.807) is 0 Å². The van der Waals surface area contributed by atoms with E-state index < -0.39 is 0 Å². The highest BCUT2D eigenvalue weighted by Crippen LogP contribution is 2.14. The molecule has 1 unspecified atom stereocenters. The maximum absolute atomic E-state index is 2.52. The normalized spacial score (nSPS) is 26.0. The zero-order valence-corrected chi connectivity index (χ0v) is 8.61. The number of hydrogen-bond donors (Lipinski definition) is 0. The van der Waals surface area contributed by atoms with Gasteiger partial charge in [0.1, 0.15) is 0 Å². The van der Waals surface area contributed by atoms with Gasteiger partial charge >= 0.3 is 0 Å². The second kappa shape index (κ2) is 4.03. The fourth-order valence-corrected chi connectivity index (χ4v) is 2.42. The number of halogens is 1. The third kappa shape index (κ3) is 2.63. The van der Waals surface area contributed by atoms with Crippen LogP contribution in [0.2, 0.25) is 0 Å². The van der Waals surface area contributed by atoms with Crippen LogP contribution in [0.25, 0.3) is 0 Å². The quantitative estimate of drug-likeness (QED) is 0.400. The van der Waals surface area contributed by atoms with Gasteiger partial charge in [-0.3, -0.25) is 4.90 Å². The molecule has 1 aliphatic heterocycles. The van der Waals surface area contributed by atoms with Gasteiger partial charge < -0.3 is 0 Å². The van der Waals surface area contributed by atoms with Crippen LogP contribution in [0, 0.1) is 0 Å². The average molecular weight is 257 g/mol. The van der Waals surface area contributed by atoms with Crippen LogP contribution < -0.4 is 0 Å². The molecule has 0 N–H and O–H groups in total. The van der Waals surface area contributed by atoms with Crippen molar-refractivity contribution < 1.29 is 0 Å². The fraction of sp³-hybridized carbons (Fsp3) is 1.00. The van der Waals surface area contributed by atoms with Gasteiger partial charge in [0.2, 0.25) is 0 Å². The molecule has 0 aromatic heterocycles. The summed E-state index contributed by atoms with van der Waals surface area (Å²) in [5, 5.41) is 0. The number of alkyl halides is 1. The highest BCUT2D eigenvalue weighted by atomic mass is 127. The van der Waals surface area contributed by atoms with Crippen LogP contribution in [0.5, 0.6) is 0 Å². The molecule has 0 aliphatic carbocycles. The topological polar surface area (TPSA) is 3.24 Å². The molecule has 0 bridgehead atoms. The van der Waals surface area contributed by atoms with E-state index in [0.717, 1.165) is 4.05 Å². The first kappa shape index (κ1) is 8.14. The van der Waals surface area contributed by atoms with Crippen molar-refractivity contribution >= 4 is 34.4 Å². The van der Waals surface area contributed by atoms with Crippen molar-refractivity contribution in [2.45, 2.75) is 11.0 Å². The molecule has 1 aliphatic rings. The van der Waals surface area contributed by atoms with Gasteiger partial charge in [-0.2, -0.15) is 11.8 Å². The molecule has 1 heterocycles. The van der Waals surface area contributed by atoms with Crippen LogP contribution in [0.4, 0.5) is 0 Å². The van der Waals surface area contributed by atoms with Crippen molar-refractivity contribution in [2.75, 3.05) is 24.6 Å². The summed E-state index contributed by atoms with van der Waals surface area (Å²) in [6.07, 6.45) is 0. The van der Waals surface area contributed by atoms with Gasteiger partial charge in [0.05, 0.1) is 4.05 Å². The Kier molecular flexibility index (Phi) is 3.65. The van der Waals surface area contributed by atoms with Crippen LogP contribution in [0.15, 0.2) is 0 Å². The van der Waals surface area contributed by atoms with Gasteiger partial charge in [-0.15, -0.1) is 0 Å². The lowest BCUT2D eigenvalue weighted by atomic mass is 10.5. The standard InChI is InChI=1S/C6H12INS/c1-6(7)8-2-4-9-5-3-8/h6H,2-5H2,1H3. The Morgan fingerprint density at radius 2 is 2.00 bits per heavy atom. The van der Waals surface area contributed by atoms with Crippen molar-refractivity contribution in [3.8, 4) is 0 Å². The van der Waals surface area contributed by atoms with Crippen LogP contribution in [-0.4, -0.2) is 33.5 Å². The maximum Gasteiger partial charge on any atom is 0.0590 e. The predicted octanol–water partition coefficient (Wildman–Crippen LogP) is 1.82. The second-order valence-corrected chi connectivity index (χ2v) is 5.25. The van der Waals surface area contributed by atoms with Gasteiger partial charge in [-0.1, -0.05) is 22.6 Å². The Morgan fingerprint density at radius 1 is 1.44 bits per heavy atom. The van der Waals surface area contributed by atoms with Gasteiger partial charge in [0.25, 0.3) is 0 Å². The van der Waals surface area contributed by atoms with Crippen molar-refractivity contribution in [1.82, 2.24) is 4.90 Å². The Morgan fingerprint density at radius 3 is 2.33 bits per heavy atom. The van der Waals surface area contributed by atoms with Crippen LogP contribution in [0.3, 0.4) is 0 Å². The summed E-state index contributed by atoms with van der Waals surface area (Å²) in [5.74, 6) is 2.65. The summed E-state index contributed by atoms with van der Waals surface area (Å²) in [4.78, 5) is 2.52. The summed E-state index contributed by atoms with van der Waals surface area (Å²) in [5.41, 5.74) is 0. The molecule has 0 amide bonds. The molecule has 1 fully saturated rings. The Hall–Kier alpha value is 1.04. The van der Waals surface area contributed by atoms with E-state index in [4.69, 9.17) is 0 Å². The zero-order valence-electron chi connectivity index (χ0n) is 5.64. The first-order chi connectivity index (χ1) is 4.30. The molecule has 1 rings (SSSR count). The van der Waals surface area contributed by atoms with E-state index in [1.165, 1.54) is 24.6 Å². The molecule has 1 atom stereocenters. The van der Waals surface area contributed by atoms with Gasteiger partial charge in [-0.05, 0) is 6.92 Å². The molecule has 3 heteroatoms. The Labute approximate surface area is 74.7 Å². The first-order valence-corrected chi connectivity index (χ1v) is 5.66. The first-order valence-electron chi connectivity index (χ1n) is 3.26. The third-order valence-corrected chi connectivity index (χ3v) is 3.28. The highest BCUT2D eigenvalue weighted by Gasteiger charge is 2.13. The van der Waals surface area contributed by atoms with E-state index in [9.17, 15) is 0 Å². The Balaban J connectivity index is 2.23. The maximum atomic E-state index is 2.52. The molecular weight excluding hydrogens is 245 g/mol. The lowest BCUT2D eigenvalue weighted by molar-refractivity contribution is 0.307. The molecule has 9 heavy (non-hydrogen) atoms. The predicted molar refractivity (Wildman–Crippen MR) is 52.4 cm³/mol. The number of nitrogens with zero attached hydrogens (tertiary/aromatic N) is 1. The molecule has 0 aromatic rings. The third-order valence-electron chi connectivity index (χ3n) is 1.55. The summed E-state index contributed by atoms with van der Waals surface area (Å²) < 4.78 is 0.725. The largest absolute Gasteiger partial charge is 0.290 e. The SMILES string of the molecule is CC(I)N1CCSCC1. The van der Waals surface area contributed by atoms with Crippen LogP contribution in [-0.2, 0) is 0 Å². The summed E-state index contributed by atoms with van der Waals surface area (Å²) in [6, 6.07) is 0. The molecule has 0 saturated carbocycles. The minimum Gasteiger partial charge on any atom is -0.290 e. The Bertz CT molecular complexity index is 81.1. The minimum absolute atomic E-state index is 0.725. The van der Waals surface area contributed by atoms with E-state index in [0.29, 0.717) is 0 Å². The van der Waals surface area contributed by atoms with Crippen molar-refractivity contribution in [1.29, 1.82) is 0 Å². The highest BCUT2D eigenvalue weighted by molar-refractivity contribution is 14.1. The van der Waals surface area contributed by atoms with Gasteiger partial charge in [0, 0.05) is 24.6 Å². The van der Waals surface area contributed by atoms with Crippen molar-refractivity contribution in [3.63, 3.8) is 0 Å². The van der Waals surface area contributed by atoms with Gasteiger partial charge in [0.15, 0.2) is 0 Å². The molecule has 1 saturated heterocycles. The lowest BCUT2D eigenvalue weighted by Gasteiger charge is -2.28. The number of hydrogen-bond acceptors (Lipinski definition) is 2. The number of rotatable bonds is 1. The van der Waals surface area contributed by atoms with E-state index >= 15 is 0 Å².